The molecule has 1 saturated heterocycles. The summed E-state index contributed by atoms with van der Waals surface area (Å²) in [7, 11) is -3.29. The van der Waals surface area contributed by atoms with Crippen molar-refractivity contribution in [1.82, 2.24) is 14.5 Å². The van der Waals surface area contributed by atoms with E-state index >= 15 is 0 Å². The number of benzene rings is 2. The van der Waals surface area contributed by atoms with Crippen LogP contribution in [-0.2, 0) is 27.9 Å². The summed E-state index contributed by atoms with van der Waals surface area (Å²) in [5, 5.41) is 9.04. The minimum Gasteiger partial charge on any atom is -0.192 e. The average molecular weight is 700 g/mol. The van der Waals surface area contributed by atoms with Crippen molar-refractivity contribution < 1.29 is 22.4 Å². The number of nitrogens with zero attached hydrogens (tertiary/aromatic N) is 5. The number of hydrogen-bond acceptors (Lipinski definition) is 7. The zero-order chi connectivity index (χ0) is 30.7. The fraction of sp³-hybridized carbons (Fsp3) is 0.400. The number of aromatic nitrogens is 2. The predicted octanol–water partition coefficient (Wildman–Crippen LogP) is 3.15. The van der Waals surface area contributed by atoms with Crippen molar-refractivity contribution in [3.8, 4) is 6.07 Å². The number of nitriles is 1. The van der Waals surface area contributed by atoms with Crippen LogP contribution in [0.5, 0.6) is 0 Å². The van der Waals surface area contributed by atoms with E-state index in [0.29, 0.717) is 29.1 Å². The number of ketones is 1. The van der Waals surface area contributed by atoms with Crippen LogP contribution in [0.4, 0.5) is 10.1 Å². The summed E-state index contributed by atoms with van der Waals surface area (Å²) in [5.74, 6) is -0.555. The van der Waals surface area contributed by atoms with Gasteiger partial charge in [0.2, 0.25) is 0 Å². The second kappa shape index (κ2) is 13.1. The number of anilines is 1. The molecule has 0 spiro atoms. The molecule has 1 atom stereocenters. The van der Waals surface area contributed by atoms with E-state index < -0.39 is 40.9 Å². The average Bonchev–Trinajstić information content (AvgIpc) is 3.40. The fourth-order valence-electron chi connectivity index (χ4n) is 5.04. The minimum absolute atomic E-state index is 0.0715. The van der Waals surface area contributed by atoms with Gasteiger partial charge >= 0.3 is 205 Å². The summed E-state index contributed by atoms with van der Waals surface area (Å²) < 4.78 is 40.8. The molecule has 0 aliphatic carbocycles. The van der Waals surface area contributed by atoms with Crippen LogP contribution in [0.15, 0.2) is 55.0 Å². The molecule has 1 aromatic heterocycles. The maximum absolute atomic E-state index is 13.8. The van der Waals surface area contributed by atoms with Gasteiger partial charge in [0.1, 0.15) is 0 Å². The first-order valence-electron chi connectivity index (χ1n) is 13.7. The standard InChI is InChI=1S/C27H27FN5O4S.3CH3.Sn/c1-38(36,37)10-9-24-16-33(23-4-2-3-22(11-23)12-28)27(35)18-31(24)17-26(34)25-14-30-19-32(25)15-21-7-5-20(13-29)6-8-21;;;;/h3-8,11,14,19,24H,9-10,12,15-18H2,1H3;3*1H3;/t24-;;;;/m0..../s1. The number of alkyl halides is 1. The van der Waals surface area contributed by atoms with E-state index in [-0.39, 0.29) is 43.5 Å². The molecule has 2 aromatic carbocycles. The number of halogens is 1. The maximum atomic E-state index is 13.8. The summed E-state index contributed by atoms with van der Waals surface area (Å²) >= 11 is -2.62. The summed E-state index contributed by atoms with van der Waals surface area (Å²) in [5.41, 5.74) is 2.94. The Hall–Kier alpha value is -3.08. The summed E-state index contributed by atoms with van der Waals surface area (Å²) in [6, 6.07) is 14.3. The van der Waals surface area contributed by atoms with Gasteiger partial charge in [-0.15, -0.1) is 0 Å². The van der Waals surface area contributed by atoms with E-state index in [4.69, 9.17) is 5.26 Å². The van der Waals surface area contributed by atoms with Crippen LogP contribution < -0.4 is 8.48 Å². The van der Waals surface area contributed by atoms with Crippen LogP contribution in [0.2, 0.25) is 14.8 Å². The molecule has 12 heteroatoms. The molecule has 4 rings (SSSR count). The van der Waals surface area contributed by atoms with Gasteiger partial charge < -0.3 is 0 Å². The van der Waals surface area contributed by atoms with Crippen LogP contribution in [0, 0.1) is 11.3 Å². The summed E-state index contributed by atoms with van der Waals surface area (Å²) in [6.07, 6.45) is 4.46. The van der Waals surface area contributed by atoms with Gasteiger partial charge in [-0.2, -0.15) is 5.26 Å². The van der Waals surface area contributed by atoms with E-state index in [9.17, 15) is 22.4 Å². The monoisotopic (exact) mass is 701 g/mol. The molecule has 0 bridgehead atoms. The number of piperazine rings is 1. The Morgan fingerprint density at radius 1 is 1.14 bits per heavy atom. The molecule has 0 radical (unpaired) electrons. The number of Topliss-reactive ketones (excluding diaryl/α,β-unsaturated/α-hetero) is 1. The molecule has 2 heterocycles. The van der Waals surface area contributed by atoms with Crippen molar-refractivity contribution in [3.05, 3.63) is 77.4 Å². The predicted molar refractivity (Wildman–Crippen MR) is 163 cm³/mol. The van der Waals surface area contributed by atoms with Crippen molar-refractivity contribution in [3.63, 3.8) is 0 Å². The number of rotatable bonds is 11. The molecule has 0 unspecified atom stereocenters. The van der Waals surface area contributed by atoms with Gasteiger partial charge in [-0.05, 0) is 17.7 Å². The molecule has 222 valence electrons. The number of carbonyl (C=O) groups excluding carboxylic acids is 2. The Labute approximate surface area is 250 Å². The second-order valence-corrected chi connectivity index (χ2v) is 28.6. The van der Waals surface area contributed by atoms with Crippen molar-refractivity contribution in [2.75, 3.05) is 36.5 Å². The number of imidazole rings is 1. The van der Waals surface area contributed by atoms with Crippen molar-refractivity contribution in [2.24, 2.45) is 0 Å². The van der Waals surface area contributed by atoms with Gasteiger partial charge in [-0.3, -0.25) is 0 Å². The molecule has 0 saturated carbocycles. The first-order valence-corrected chi connectivity index (χ1v) is 25.8. The minimum atomic E-state index is -3.29. The van der Waals surface area contributed by atoms with Gasteiger partial charge in [0.25, 0.3) is 0 Å². The molecule has 3 aromatic rings. The van der Waals surface area contributed by atoms with Crippen LogP contribution >= 0.6 is 0 Å². The van der Waals surface area contributed by atoms with Gasteiger partial charge in [0.15, 0.2) is 0 Å². The molecular weight excluding hydrogens is 664 g/mol. The van der Waals surface area contributed by atoms with Crippen LogP contribution in [-0.4, -0.2) is 90.6 Å². The smallest absolute Gasteiger partial charge is 0.192 e. The molecule has 1 aliphatic rings. The SMILES string of the molecule is CS(=O)(=O)CC[C@H]1CN(c2cc(CF)c[c]([Sn]([CH3])([CH3])[CH3])c2)C(=O)CN1CC(=O)c1cncn1Cc1ccc(C#N)cc1. The van der Waals surface area contributed by atoms with Gasteiger partial charge in [-0.1, -0.05) is 12.1 Å². The van der Waals surface area contributed by atoms with Crippen LogP contribution in [0.25, 0.3) is 0 Å². The first-order chi connectivity index (χ1) is 19.8. The quantitative estimate of drug-likeness (QED) is 0.223. The van der Waals surface area contributed by atoms with Crippen molar-refractivity contribution in [1.29, 1.82) is 5.26 Å². The third kappa shape index (κ3) is 8.05. The Morgan fingerprint density at radius 2 is 1.86 bits per heavy atom. The number of sulfone groups is 1. The number of hydrogen-bond donors (Lipinski definition) is 0. The number of amides is 1. The Balaban J connectivity index is 1.57. The first kappa shape index (κ1) is 31.8. The Bertz CT molecular complexity index is 1610. The van der Waals surface area contributed by atoms with Crippen molar-refractivity contribution >= 4 is 49.2 Å². The fourth-order valence-corrected chi connectivity index (χ4v) is 9.16. The number of carbonyl (C=O) groups is 2. The van der Waals surface area contributed by atoms with E-state index in [1.807, 2.05) is 24.3 Å². The van der Waals surface area contributed by atoms with E-state index in [2.05, 4.69) is 25.9 Å². The molecule has 1 amide bonds. The molecule has 1 fully saturated rings. The van der Waals surface area contributed by atoms with E-state index in [1.54, 1.807) is 38.9 Å². The summed E-state index contributed by atoms with van der Waals surface area (Å²) in [4.78, 5) is 41.2. The Morgan fingerprint density at radius 3 is 2.48 bits per heavy atom. The topological polar surface area (TPSA) is 116 Å². The molecule has 0 N–H and O–H groups in total. The van der Waals surface area contributed by atoms with Crippen LogP contribution in [0.3, 0.4) is 0 Å². The van der Waals surface area contributed by atoms with E-state index in [0.717, 1.165) is 9.14 Å². The normalized spacial score (nSPS) is 16.4. The Kier molecular flexibility index (Phi) is 9.90. The van der Waals surface area contributed by atoms with Crippen LogP contribution in [0.1, 0.15) is 33.6 Å². The zero-order valence-electron chi connectivity index (χ0n) is 24.4. The second-order valence-electron chi connectivity index (χ2n) is 11.9. The zero-order valence-corrected chi connectivity index (χ0v) is 28.0. The molecule has 9 nitrogen and oxygen atoms in total. The molecular formula is C30H36FN5O4SSn. The van der Waals surface area contributed by atoms with Gasteiger partial charge in [0, 0.05) is 0 Å². The van der Waals surface area contributed by atoms with Gasteiger partial charge in [-0.25, -0.2) is 0 Å². The van der Waals surface area contributed by atoms with Gasteiger partial charge in [0.05, 0.1) is 11.6 Å². The third-order valence-electron chi connectivity index (χ3n) is 7.46. The third-order valence-corrected chi connectivity index (χ3v) is 14.2. The van der Waals surface area contributed by atoms with Crippen molar-refractivity contribution in [2.45, 2.75) is 40.5 Å². The molecule has 1 aliphatic heterocycles. The van der Waals surface area contributed by atoms with E-state index in [1.165, 1.54) is 12.5 Å². The summed E-state index contributed by atoms with van der Waals surface area (Å²) in [6.45, 7) is -0.220. The molecule has 42 heavy (non-hydrogen) atoms.